The molecule has 0 aliphatic carbocycles. The van der Waals surface area contributed by atoms with Crippen LogP contribution in [0, 0.1) is 0 Å². The van der Waals surface area contributed by atoms with E-state index in [-0.39, 0.29) is 5.92 Å². The molecule has 2 aromatic rings. The van der Waals surface area contributed by atoms with Crippen molar-refractivity contribution in [1.29, 1.82) is 0 Å². The van der Waals surface area contributed by atoms with Crippen LogP contribution in [0.2, 0.25) is 5.02 Å². The van der Waals surface area contributed by atoms with Crippen molar-refractivity contribution in [2.24, 2.45) is 0 Å². The third kappa shape index (κ3) is 2.82. The van der Waals surface area contributed by atoms with Crippen LogP contribution in [0.5, 0.6) is 5.75 Å². The van der Waals surface area contributed by atoms with Crippen molar-refractivity contribution in [3.05, 3.63) is 64.7 Å². The molecule has 0 radical (unpaired) electrons. The second-order valence-electron chi connectivity index (χ2n) is 5.18. The van der Waals surface area contributed by atoms with E-state index in [9.17, 15) is 5.11 Å². The number of benzene rings is 2. The Kier molecular flexibility index (Phi) is 3.95. The van der Waals surface area contributed by atoms with Crippen LogP contribution in [0.1, 0.15) is 23.5 Å². The van der Waals surface area contributed by atoms with Crippen LogP contribution in [0.25, 0.3) is 0 Å². The number of halogens is 1. The van der Waals surface area contributed by atoms with Gasteiger partial charge in [-0.1, -0.05) is 41.9 Å². The fourth-order valence-corrected chi connectivity index (χ4v) is 2.90. The second kappa shape index (κ2) is 5.86. The van der Waals surface area contributed by atoms with Gasteiger partial charge in [-0.25, -0.2) is 0 Å². The maximum atomic E-state index is 10.6. The maximum absolute atomic E-state index is 10.6. The highest BCUT2D eigenvalue weighted by Crippen LogP contribution is 2.36. The molecular formula is C17H17ClO2. The average molecular weight is 289 g/mol. The minimum Gasteiger partial charge on any atom is -0.493 e. The van der Waals surface area contributed by atoms with Crippen LogP contribution in [-0.2, 0) is 6.42 Å². The Hall–Kier alpha value is -1.51. The van der Waals surface area contributed by atoms with Crippen LogP contribution in [0.3, 0.4) is 0 Å². The van der Waals surface area contributed by atoms with E-state index < -0.39 is 6.10 Å². The van der Waals surface area contributed by atoms with Gasteiger partial charge < -0.3 is 9.84 Å². The van der Waals surface area contributed by atoms with Crippen LogP contribution >= 0.6 is 11.6 Å². The van der Waals surface area contributed by atoms with Gasteiger partial charge in [0.15, 0.2) is 0 Å². The molecular weight excluding hydrogens is 272 g/mol. The average Bonchev–Trinajstić information content (AvgIpc) is 2.49. The highest BCUT2D eigenvalue weighted by molar-refractivity contribution is 6.30. The summed E-state index contributed by atoms with van der Waals surface area (Å²) < 4.78 is 5.64. The first-order valence-corrected chi connectivity index (χ1v) is 7.26. The van der Waals surface area contributed by atoms with Gasteiger partial charge in [-0.05, 0) is 42.2 Å². The fourth-order valence-electron chi connectivity index (χ4n) is 2.77. The summed E-state index contributed by atoms with van der Waals surface area (Å²) in [5.74, 6) is 1.04. The predicted molar refractivity (Wildman–Crippen MR) is 80.5 cm³/mol. The molecule has 0 amide bonds. The molecule has 0 spiro atoms. The first kappa shape index (κ1) is 13.5. The Morgan fingerprint density at radius 2 is 1.90 bits per heavy atom. The van der Waals surface area contributed by atoms with Crippen molar-refractivity contribution in [1.82, 2.24) is 0 Å². The van der Waals surface area contributed by atoms with Gasteiger partial charge in [-0.2, -0.15) is 0 Å². The molecule has 2 aromatic carbocycles. The van der Waals surface area contributed by atoms with Crippen LogP contribution in [0.4, 0.5) is 0 Å². The molecule has 3 rings (SSSR count). The number of fused-ring (bicyclic) bond motifs is 1. The number of rotatable bonds is 3. The van der Waals surface area contributed by atoms with E-state index in [0.717, 1.165) is 28.3 Å². The van der Waals surface area contributed by atoms with Crippen molar-refractivity contribution < 1.29 is 9.84 Å². The Balaban J connectivity index is 1.78. The number of ether oxygens (including phenoxy) is 1. The summed E-state index contributed by atoms with van der Waals surface area (Å²) in [7, 11) is 0. The summed E-state index contributed by atoms with van der Waals surface area (Å²) >= 11 is 5.88. The Morgan fingerprint density at radius 3 is 2.70 bits per heavy atom. The minimum atomic E-state index is -0.402. The minimum absolute atomic E-state index is 0.135. The van der Waals surface area contributed by atoms with Crippen molar-refractivity contribution in [3.8, 4) is 5.75 Å². The Morgan fingerprint density at radius 1 is 1.15 bits per heavy atom. The van der Waals surface area contributed by atoms with Gasteiger partial charge in [0.2, 0.25) is 0 Å². The van der Waals surface area contributed by atoms with Gasteiger partial charge in [-0.3, -0.25) is 0 Å². The first-order chi connectivity index (χ1) is 9.74. The lowest BCUT2D eigenvalue weighted by molar-refractivity contribution is 0.116. The van der Waals surface area contributed by atoms with E-state index in [0.29, 0.717) is 13.0 Å². The van der Waals surface area contributed by atoms with E-state index in [1.165, 1.54) is 0 Å². The highest BCUT2D eigenvalue weighted by Gasteiger charge is 2.27. The molecule has 1 heterocycles. The normalized spacial score (nSPS) is 19.0. The molecule has 2 nitrogen and oxygen atoms in total. The molecule has 1 aliphatic rings. The van der Waals surface area contributed by atoms with Crippen molar-refractivity contribution >= 4 is 11.6 Å². The van der Waals surface area contributed by atoms with Gasteiger partial charge >= 0.3 is 0 Å². The standard InChI is InChI=1S/C17H17ClO2/c18-13-7-5-12(6-8-13)11-16(19)14-9-10-20-17-4-2-1-3-15(14)17/h1-8,14,16,19H,9-11H2. The zero-order chi connectivity index (χ0) is 13.9. The highest BCUT2D eigenvalue weighted by atomic mass is 35.5. The van der Waals surface area contributed by atoms with Crippen molar-refractivity contribution in [2.75, 3.05) is 6.61 Å². The Bertz CT molecular complexity index is 580. The number of aliphatic hydroxyl groups is 1. The third-order valence-electron chi connectivity index (χ3n) is 3.83. The van der Waals surface area contributed by atoms with E-state index in [1.54, 1.807) is 0 Å². The lowest BCUT2D eigenvalue weighted by Crippen LogP contribution is -2.26. The zero-order valence-electron chi connectivity index (χ0n) is 11.1. The molecule has 104 valence electrons. The molecule has 3 heteroatoms. The van der Waals surface area contributed by atoms with Crippen LogP contribution in [0.15, 0.2) is 48.5 Å². The first-order valence-electron chi connectivity index (χ1n) is 6.88. The van der Waals surface area contributed by atoms with Crippen molar-refractivity contribution in [3.63, 3.8) is 0 Å². The van der Waals surface area contributed by atoms with Gasteiger partial charge in [0.25, 0.3) is 0 Å². The number of para-hydroxylation sites is 1. The molecule has 1 N–H and O–H groups in total. The van der Waals surface area contributed by atoms with E-state index in [1.807, 2.05) is 48.5 Å². The third-order valence-corrected chi connectivity index (χ3v) is 4.08. The molecule has 2 atom stereocenters. The Labute approximate surface area is 124 Å². The summed E-state index contributed by atoms with van der Waals surface area (Å²) in [6, 6.07) is 15.6. The fraction of sp³-hybridized carbons (Fsp3) is 0.294. The smallest absolute Gasteiger partial charge is 0.122 e. The lowest BCUT2D eigenvalue weighted by Gasteiger charge is -2.29. The van der Waals surface area contributed by atoms with Crippen LogP contribution < -0.4 is 4.74 Å². The van der Waals surface area contributed by atoms with E-state index in [2.05, 4.69) is 0 Å². The van der Waals surface area contributed by atoms with Gasteiger partial charge in [-0.15, -0.1) is 0 Å². The van der Waals surface area contributed by atoms with Gasteiger partial charge in [0.05, 0.1) is 12.7 Å². The molecule has 20 heavy (non-hydrogen) atoms. The van der Waals surface area contributed by atoms with Crippen LogP contribution in [-0.4, -0.2) is 17.8 Å². The van der Waals surface area contributed by atoms with Gasteiger partial charge in [0.1, 0.15) is 5.75 Å². The number of aliphatic hydroxyl groups excluding tert-OH is 1. The molecule has 0 aromatic heterocycles. The van der Waals surface area contributed by atoms with Crippen molar-refractivity contribution in [2.45, 2.75) is 24.9 Å². The summed E-state index contributed by atoms with van der Waals surface area (Å²) in [5.41, 5.74) is 2.21. The summed E-state index contributed by atoms with van der Waals surface area (Å²) in [6.45, 7) is 0.666. The number of hydrogen-bond donors (Lipinski definition) is 1. The monoisotopic (exact) mass is 288 g/mol. The van der Waals surface area contributed by atoms with E-state index in [4.69, 9.17) is 16.3 Å². The summed E-state index contributed by atoms with van der Waals surface area (Å²) in [5, 5.41) is 11.3. The lowest BCUT2D eigenvalue weighted by atomic mass is 9.85. The molecule has 1 aliphatic heterocycles. The second-order valence-corrected chi connectivity index (χ2v) is 5.62. The number of hydrogen-bond acceptors (Lipinski definition) is 2. The molecule has 0 bridgehead atoms. The predicted octanol–water partition coefficient (Wildman–Crippen LogP) is 3.81. The summed E-state index contributed by atoms with van der Waals surface area (Å²) in [4.78, 5) is 0. The topological polar surface area (TPSA) is 29.5 Å². The largest absolute Gasteiger partial charge is 0.493 e. The SMILES string of the molecule is OC(Cc1ccc(Cl)cc1)C1CCOc2ccccc21. The summed E-state index contributed by atoms with van der Waals surface area (Å²) in [6.07, 6.45) is 1.09. The molecule has 0 saturated carbocycles. The molecule has 0 fully saturated rings. The molecule has 2 unspecified atom stereocenters. The quantitative estimate of drug-likeness (QED) is 0.931. The molecule has 0 saturated heterocycles. The zero-order valence-corrected chi connectivity index (χ0v) is 11.9. The maximum Gasteiger partial charge on any atom is 0.122 e. The van der Waals surface area contributed by atoms with Gasteiger partial charge in [0, 0.05) is 10.9 Å². The van der Waals surface area contributed by atoms with E-state index >= 15 is 0 Å².